The third kappa shape index (κ3) is 2.60. The first-order valence-corrected chi connectivity index (χ1v) is 6.83. The lowest BCUT2D eigenvalue weighted by atomic mass is 10.2. The highest BCUT2D eigenvalue weighted by molar-refractivity contribution is 6.06. The van der Waals surface area contributed by atoms with Gasteiger partial charge in [0.15, 0.2) is 0 Å². The van der Waals surface area contributed by atoms with Gasteiger partial charge >= 0.3 is 6.03 Å². The van der Waals surface area contributed by atoms with Gasteiger partial charge in [-0.2, -0.15) is 0 Å². The zero-order valence-corrected chi connectivity index (χ0v) is 12.1. The Kier molecular flexibility index (Phi) is 3.36. The number of fused-ring (bicyclic) bond motifs is 1. The quantitative estimate of drug-likeness (QED) is 0.728. The van der Waals surface area contributed by atoms with Crippen LogP contribution in [-0.4, -0.2) is 10.6 Å². The van der Waals surface area contributed by atoms with Gasteiger partial charge in [0.05, 0.1) is 5.69 Å². The monoisotopic (exact) mass is 279 g/mol. The Balaban J connectivity index is 1.82. The van der Waals surface area contributed by atoms with Gasteiger partial charge in [-0.3, -0.25) is 0 Å². The number of amides is 2. The van der Waals surface area contributed by atoms with Gasteiger partial charge < -0.3 is 15.2 Å². The van der Waals surface area contributed by atoms with E-state index in [2.05, 4.69) is 10.6 Å². The molecule has 0 fully saturated rings. The average molecular weight is 279 g/mol. The van der Waals surface area contributed by atoms with E-state index in [4.69, 9.17) is 0 Å². The Morgan fingerprint density at radius 1 is 0.952 bits per heavy atom. The molecule has 0 saturated carbocycles. The molecule has 1 aromatic heterocycles. The SMILES string of the molecule is Cc1ccccc1NC(=O)Nc1cn(C)c2ccccc12. The van der Waals surface area contributed by atoms with E-state index in [0.29, 0.717) is 0 Å². The maximum absolute atomic E-state index is 12.2. The van der Waals surface area contributed by atoms with Gasteiger partial charge in [0.2, 0.25) is 0 Å². The Labute approximate surface area is 123 Å². The third-order valence-corrected chi connectivity index (χ3v) is 3.54. The van der Waals surface area contributed by atoms with E-state index in [9.17, 15) is 4.79 Å². The first kappa shape index (κ1) is 13.2. The van der Waals surface area contributed by atoms with Crippen LogP contribution in [0.4, 0.5) is 16.2 Å². The van der Waals surface area contributed by atoms with Crippen LogP contribution in [0.1, 0.15) is 5.56 Å². The number of carbonyl (C=O) groups excluding carboxylic acids is 1. The zero-order chi connectivity index (χ0) is 14.8. The van der Waals surface area contributed by atoms with Crippen molar-refractivity contribution in [2.75, 3.05) is 10.6 Å². The van der Waals surface area contributed by atoms with Crippen LogP contribution < -0.4 is 10.6 Å². The van der Waals surface area contributed by atoms with E-state index in [1.54, 1.807) is 0 Å². The smallest absolute Gasteiger partial charge is 0.323 e. The van der Waals surface area contributed by atoms with E-state index in [0.717, 1.165) is 27.8 Å². The number of para-hydroxylation sites is 2. The van der Waals surface area contributed by atoms with Crippen molar-refractivity contribution in [1.29, 1.82) is 0 Å². The highest BCUT2D eigenvalue weighted by Gasteiger charge is 2.09. The van der Waals surface area contributed by atoms with E-state index in [-0.39, 0.29) is 6.03 Å². The molecule has 3 aromatic rings. The van der Waals surface area contributed by atoms with Crippen molar-refractivity contribution in [3.63, 3.8) is 0 Å². The Morgan fingerprint density at radius 2 is 1.62 bits per heavy atom. The number of nitrogens with zero attached hydrogens (tertiary/aromatic N) is 1. The lowest BCUT2D eigenvalue weighted by Crippen LogP contribution is -2.19. The molecule has 0 aliphatic heterocycles. The van der Waals surface area contributed by atoms with Gasteiger partial charge in [0.25, 0.3) is 0 Å². The highest BCUT2D eigenvalue weighted by Crippen LogP contribution is 2.25. The van der Waals surface area contributed by atoms with Gasteiger partial charge in [0.1, 0.15) is 0 Å². The fraction of sp³-hybridized carbons (Fsp3) is 0.118. The predicted molar refractivity (Wildman–Crippen MR) is 86.7 cm³/mol. The van der Waals surface area contributed by atoms with Gasteiger partial charge in [0, 0.05) is 29.8 Å². The second kappa shape index (κ2) is 5.32. The van der Waals surface area contributed by atoms with Crippen LogP contribution in [0.2, 0.25) is 0 Å². The molecule has 106 valence electrons. The molecule has 0 radical (unpaired) electrons. The summed E-state index contributed by atoms with van der Waals surface area (Å²) in [5.41, 5.74) is 3.74. The van der Waals surface area contributed by atoms with Crippen molar-refractivity contribution in [2.24, 2.45) is 7.05 Å². The lowest BCUT2D eigenvalue weighted by Gasteiger charge is -2.09. The fourth-order valence-corrected chi connectivity index (χ4v) is 2.43. The second-order valence-corrected chi connectivity index (χ2v) is 5.06. The first-order valence-electron chi connectivity index (χ1n) is 6.83. The molecule has 0 aliphatic carbocycles. The van der Waals surface area contributed by atoms with Crippen LogP contribution in [0.5, 0.6) is 0 Å². The van der Waals surface area contributed by atoms with Crippen molar-refractivity contribution in [3.8, 4) is 0 Å². The Bertz CT molecular complexity index is 805. The van der Waals surface area contributed by atoms with Crippen LogP contribution in [0.3, 0.4) is 0 Å². The van der Waals surface area contributed by atoms with Crippen molar-refractivity contribution < 1.29 is 4.79 Å². The van der Waals surface area contributed by atoms with Gasteiger partial charge in [-0.05, 0) is 24.6 Å². The molecule has 4 heteroatoms. The number of urea groups is 1. The second-order valence-electron chi connectivity index (χ2n) is 5.06. The Morgan fingerprint density at radius 3 is 2.43 bits per heavy atom. The summed E-state index contributed by atoms with van der Waals surface area (Å²) >= 11 is 0. The zero-order valence-electron chi connectivity index (χ0n) is 12.1. The van der Waals surface area contributed by atoms with Crippen LogP contribution >= 0.6 is 0 Å². The van der Waals surface area contributed by atoms with E-state index in [1.165, 1.54) is 0 Å². The first-order chi connectivity index (χ1) is 10.1. The number of nitrogens with one attached hydrogen (secondary N) is 2. The van der Waals surface area contributed by atoms with E-state index in [1.807, 2.05) is 73.3 Å². The average Bonchev–Trinajstić information content (AvgIpc) is 2.79. The highest BCUT2D eigenvalue weighted by atomic mass is 16.2. The topological polar surface area (TPSA) is 46.1 Å². The number of hydrogen-bond acceptors (Lipinski definition) is 1. The molecule has 0 saturated heterocycles. The Hall–Kier alpha value is -2.75. The minimum Gasteiger partial charge on any atom is -0.348 e. The summed E-state index contributed by atoms with van der Waals surface area (Å²) in [6.45, 7) is 1.97. The van der Waals surface area contributed by atoms with E-state index >= 15 is 0 Å². The maximum atomic E-state index is 12.2. The largest absolute Gasteiger partial charge is 0.348 e. The van der Waals surface area contributed by atoms with Gasteiger partial charge in [-0.25, -0.2) is 4.79 Å². The predicted octanol–water partition coefficient (Wildman–Crippen LogP) is 4.13. The summed E-state index contributed by atoms with van der Waals surface area (Å²) in [6.07, 6.45) is 1.92. The van der Waals surface area contributed by atoms with Crippen molar-refractivity contribution in [2.45, 2.75) is 6.92 Å². The molecule has 4 nitrogen and oxygen atoms in total. The lowest BCUT2D eigenvalue weighted by molar-refractivity contribution is 0.262. The number of carbonyl (C=O) groups is 1. The molecule has 0 unspecified atom stereocenters. The molecule has 0 bridgehead atoms. The molecule has 21 heavy (non-hydrogen) atoms. The molecular weight excluding hydrogens is 262 g/mol. The molecule has 0 atom stereocenters. The van der Waals surface area contributed by atoms with Crippen LogP contribution in [0.25, 0.3) is 10.9 Å². The molecule has 2 aromatic carbocycles. The van der Waals surface area contributed by atoms with Crippen molar-refractivity contribution >= 4 is 28.3 Å². The number of benzene rings is 2. The summed E-state index contributed by atoms with van der Waals surface area (Å²) in [4.78, 5) is 12.2. The number of aryl methyl sites for hydroxylation is 2. The minimum atomic E-state index is -0.236. The fourth-order valence-electron chi connectivity index (χ4n) is 2.43. The number of hydrogen-bond donors (Lipinski definition) is 2. The minimum absolute atomic E-state index is 0.236. The van der Waals surface area contributed by atoms with Crippen LogP contribution in [-0.2, 0) is 7.05 Å². The molecular formula is C17H17N3O. The summed E-state index contributed by atoms with van der Waals surface area (Å²) in [5.74, 6) is 0. The molecule has 2 N–H and O–H groups in total. The van der Waals surface area contributed by atoms with Gasteiger partial charge in [-0.15, -0.1) is 0 Å². The normalized spacial score (nSPS) is 10.6. The third-order valence-electron chi connectivity index (χ3n) is 3.54. The maximum Gasteiger partial charge on any atom is 0.323 e. The van der Waals surface area contributed by atoms with Crippen molar-refractivity contribution in [3.05, 3.63) is 60.3 Å². The molecule has 2 amide bonds. The van der Waals surface area contributed by atoms with Crippen molar-refractivity contribution in [1.82, 2.24) is 4.57 Å². The van der Waals surface area contributed by atoms with E-state index < -0.39 is 0 Å². The molecule has 0 aliphatic rings. The number of aromatic nitrogens is 1. The molecule has 3 rings (SSSR count). The standard InChI is InChI=1S/C17H17N3O/c1-12-7-3-5-9-14(12)18-17(21)19-15-11-20(2)16-10-6-4-8-13(15)16/h3-11H,1-2H3,(H2,18,19,21). The summed E-state index contributed by atoms with van der Waals surface area (Å²) in [5, 5.41) is 6.81. The summed E-state index contributed by atoms with van der Waals surface area (Å²) < 4.78 is 2.00. The molecule has 1 heterocycles. The van der Waals surface area contributed by atoms with Gasteiger partial charge in [-0.1, -0.05) is 36.4 Å². The molecule has 0 spiro atoms. The number of rotatable bonds is 2. The van der Waals surface area contributed by atoms with Crippen LogP contribution in [0.15, 0.2) is 54.7 Å². The summed E-state index contributed by atoms with van der Waals surface area (Å²) in [6, 6.07) is 15.4. The number of anilines is 2. The summed E-state index contributed by atoms with van der Waals surface area (Å²) in [7, 11) is 1.97. The van der Waals surface area contributed by atoms with Crippen LogP contribution in [0, 0.1) is 6.92 Å².